The predicted octanol–water partition coefficient (Wildman–Crippen LogP) is 0.867. The van der Waals surface area contributed by atoms with Gasteiger partial charge in [-0.3, -0.25) is 0 Å². The van der Waals surface area contributed by atoms with Crippen molar-refractivity contribution < 1.29 is 9.84 Å². The summed E-state index contributed by atoms with van der Waals surface area (Å²) < 4.78 is 7.32. The molecule has 19 heavy (non-hydrogen) atoms. The van der Waals surface area contributed by atoms with Gasteiger partial charge >= 0.3 is 0 Å². The Balaban J connectivity index is 2.19. The van der Waals surface area contributed by atoms with Crippen molar-refractivity contribution in [2.75, 3.05) is 19.8 Å². The lowest BCUT2D eigenvalue weighted by Gasteiger charge is -2.15. The van der Waals surface area contributed by atoms with Crippen LogP contribution in [0, 0.1) is 17.2 Å². The second kappa shape index (κ2) is 6.64. The van der Waals surface area contributed by atoms with E-state index < -0.39 is 0 Å². The molecule has 1 saturated heterocycles. The third-order valence-corrected chi connectivity index (χ3v) is 3.52. The van der Waals surface area contributed by atoms with Crippen LogP contribution in [0.5, 0.6) is 0 Å². The highest BCUT2D eigenvalue weighted by Crippen LogP contribution is 2.28. The van der Waals surface area contributed by atoms with Crippen molar-refractivity contribution in [3.8, 4) is 6.07 Å². The molecule has 1 aromatic rings. The normalized spacial score (nSPS) is 20.4. The van der Waals surface area contributed by atoms with E-state index in [0.717, 1.165) is 37.4 Å². The van der Waals surface area contributed by atoms with Gasteiger partial charge in [0, 0.05) is 25.7 Å². The minimum absolute atomic E-state index is 0.183. The second-order valence-electron chi connectivity index (χ2n) is 5.12. The molecule has 0 aliphatic carbocycles. The van der Waals surface area contributed by atoms with Crippen LogP contribution in [0.1, 0.15) is 37.1 Å². The fourth-order valence-electron chi connectivity index (χ4n) is 2.50. The van der Waals surface area contributed by atoms with Crippen LogP contribution in [-0.2, 0) is 17.7 Å². The molecule has 0 aromatic carbocycles. The maximum Gasteiger partial charge on any atom is 0.100 e. The van der Waals surface area contributed by atoms with E-state index >= 15 is 0 Å². The van der Waals surface area contributed by atoms with Crippen molar-refractivity contribution in [3.05, 3.63) is 11.4 Å². The molecule has 2 heterocycles. The predicted molar refractivity (Wildman–Crippen MR) is 68.4 cm³/mol. The molecule has 0 amide bonds. The molecule has 0 radical (unpaired) electrons. The van der Waals surface area contributed by atoms with Crippen molar-refractivity contribution in [2.45, 2.75) is 38.6 Å². The van der Waals surface area contributed by atoms with Gasteiger partial charge in [-0.1, -0.05) is 12.1 Å². The fourth-order valence-corrected chi connectivity index (χ4v) is 2.50. The maximum absolute atomic E-state index is 8.98. The van der Waals surface area contributed by atoms with Gasteiger partial charge in [-0.2, -0.15) is 5.26 Å². The Morgan fingerprint density at radius 2 is 2.47 bits per heavy atom. The highest BCUT2D eigenvalue weighted by atomic mass is 16.5. The Kier molecular flexibility index (Phi) is 4.88. The van der Waals surface area contributed by atoms with Crippen LogP contribution in [0.15, 0.2) is 0 Å². The van der Waals surface area contributed by atoms with Gasteiger partial charge in [0.2, 0.25) is 0 Å². The summed E-state index contributed by atoms with van der Waals surface area (Å²) in [6.07, 6.45) is 1.99. The van der Waals surface area contributed by atoms with Crippen LogP contribution in [0.25, 0.3) is 0 Å². The minimum atomic E-state index is 0.183. The lowest BCUT2D eigenvalue weighted by molar-refractivity contribution is 0.192. The molecule has 1 aliphatic rings. The molecule has 6 nitrogen and oxygen atoms in total. The smallest absolute Gasteiger partial charge is 0.100 e. The summed E-state index contributed by atoms with van der Waals surface area (Å²) in [4.78, 5) is 0. The van der Waals surface area contributed by atoms with Gasteiger partial charge in [-0.25, -0.2) is 4.68 Å². The van der Waals surface area contributed by atoms with Crippen LogP contribution < -0.4 is 0 Å². The Morgan fingerprint density at radius 1 is 1.63 bits per heavy atom. The molecule has 2 unspecified atom stereocenters. The Bertz CT molecular complexity index is 446. The Morgan fingerprint density at radius 3 is 3.11 bits per heavy atom. The first-order chi connectivity index (χ1) is 9.26. The molecule has 1 fully saturated rings. The lowest BCUT2D eigenvalue weighted by atomic mass is 10.0. The number of nitrogens with zero attached hydrogens (tertiary/aromatic N) is 4. The first-order valence-electron chi connectivity index (χ1n) is 6.74. The molecule has 0 bridgehead atoms. The Hall–Kier alpha value is -1.45. The van der Waals surface area contributed by atoms with E-state index in [1.165, 1.54) is 0 Å². The van der Waals surface area contributed by atoms with Gasteiger partial charge in [0.05, 0.1) is 24.8 Å². The van der Waals surface area contributed by atoms with E-state index in [1.54, 1.807) is 0 Å². The second-order valence-corrected chi connectivity index (χ2v) is 5.12. The number of aliphatic hydroxyl groups is 1. The van der Waals surface area contributed by atoms with Crippen LogP contribution in [-0.4, -0.2) is 39.9 Å². The molecule has 2 atom stereocenters. The average Bonchev–Trinajstić information content (AvgIpc) is 2.99. The SMILES string of the molecule is CC(CCO)Cn1nnc(CC#N)c1C1CCOC1. The molecule has 1 aromatic heterocycles. The van der Waals surface area contributed by atoms with Crippen molar-refractivity contribution in [2.24, 2.45) is 5.92 Å². The molecule has 0 saturated carbocycles. The van der Waals surface area contributed by atoms with Gasteiger partial charge in [0.1, 0.15) is 5.69 Å². The molecular weight excluding hydrogens is 244 g/mol. The molecular formula is C13H20N4O2. The quantitative estimate of drug-likeness (QED) is 0.824. The third-order valence-electron chi connectivity index (χ3n) is 3.52. The fraction of sp³-hybridized carbons (Fsp3) is 0.769. The van der Waals surface area contributed by atoms with Crippen LogP contribution >= 0.6 is 0 Å². The van der Waals surface area contributed by atoms with Crippen molar-refractivity contribution in [1.29, 1.82) is 5.26 Å². The molecule has 104 valence electrons. The molecule has 6 heteroatoms. The van der Waals surface area contributed by atoms with Crippen LogP contribution in [0.2, 0.25) is 0 Å². The molecule has 1 N–H and O–H groups in total. The van der Waals surface area contributed by atoms with Gasteiger partial charge in [0.25, 0.3) is 0 Å². The first-order valence-corrected chi connectivity index (χ1v) is 6.74. The zero-order valence-corrected chi connectivity index (χ0v) is 11.2. The van der Waals surface area contributed by atoms with Gasteiger partial charge < -0.3 is 9.84 Å². The highest BCUT2D eigenvalue weighted by Gasteiger charge is 2.26. The number of hydrogen-bond donors (Lipinski definition) is 1. The number of hydrogen-bond acceptors (Lipinski definition) is 5. The topological polar surface area (TPSA) is 84.0 Å². The third kappa shape index (κ3) is 3.31. The van der Waals surface area contributed by atoms with E-state index in [2.05, 4.69) is 23.3 Å². The number of nitriles is 1. The Labute approximate surface area is 113 Å². The van der Waals surface area contributed by atoms with Crippen molar-refractivity contribution >= 4 is 0 Å². The summed E-state index contributed by atoms with van der Waals surface area (Å²) in [5.41, 5.74) is 1.82. The van der Waals surface area contributed by atoms with E-state index in [4.69, 9.17) is 15.1 Å². The standard InChI is InChI=1S/C13H20N4O2/c1-10(3-6-18)8-17-13(11-4-7-19-9-11)12(2-5-14)15-16-17/h10-11,18H,2-4,6-9H2,1H3. The zero-order chi connectivity index (χ0) is 13.7. The molecule has 2 rings (SSSR count). The summed E-state index contributed by atoms with van der Waals surface area (Å²) >= 11 is 0. The maximum atomic E-state index is 8.98. The number of aromatic nitrogens is 3. The number of rotatable bonds is 6. The zero-order valence-electron chi connectivity index (χ0n) is 11.2. The van der Waals surface area contributed by atoms with Gasteiger partial charge in [-0.05, 0) is 18.8 Å². The summed E-state index contributed by atoms with van der Waals surface area (Å²) in [7, 11) is 0. The van der Waals surface area contributed by atoms with Crippen LogP contribution in [0.4, 0.5) is 0 Å². The van der Waals surface area contributed by atoms with Crippen molar-refractivity contribution in [3.63, 3.8) is 0 Å². The summed E-state index contributed by atoms with van der Waals surface area (Å²) in [6, 6.07) is 2.14. The van der Waals surface area contributed by atoms with Gasteiger partial charge in [-0.15, -0.1) is 5.10 Å². The minimum Gasteiger partial charge on any atom is -0.396 e. The monoisotopic (exact) mass is 264 g/mol. The number of ether oxygens (including phenoxy) is 1. The number of aliphatic hydroxyl groups excluding tert-OH is 1. The van der Waals surface area contributed by atoms with E-state index in [9.17, 15) is 0 Å². The molecule has 1 aliphatic heterocycles. The van der Waals surface area contributed by atoms with Gasteiger partial charge in [0.15, 0.2) is 0 Å². The largest absolute Gasteiger partial charge is 0.396 e. The van der Waals surface area contributed by atoms with E-state index in [1.807, 2.05) is 4.68 Å². The molecule has 0 spiro atoms. The van der Waals surface area contributed by atoms with E-state index in [0.29, 0.717) is 24.9 Å². The van der Waals surface area contributed by atoms with Crippen LogP contribution in [0.3, 0.4) is 0 Å². The summed E-state index contributed by atoms with van der Waals surface area (Å²) in [6.45, 7) is 4.43. The lowest BCUT2D eigenvalue weighted by Crippen LogP contribution is -2.16. The van der Waals surface area contributed by atoms with Crippen molar-refractivity contribution in [1.82, 2.24) is 15.0 Å². The van der Waals surface area contributed by atoms with E-state index in [-0.39, 0.29) is 6.61 Å². The first kappa shape index (κ1) is 14.0. The summed E-state index contributed by atoms with van der Waals surface area (Å²) in [5, 5.41) is 26.2. The summed E-state index contributed by atoms with van der Waals surface area (Å²) in [5.74, 6) is 0.627. The average molecular weight is 264 g/mol. The highest BCUT2D eigenvalue weighted by molar-refractivity contribution is 5.20.